The Labute approximate surface area is 167 Å². The number of ether oxygens (including phenoxy) is 1. The van der Waals surface area contributed by atoms with Crippen LogP contribution in [0.15, 0.2) is 71.6 Å². The van der Waals surface area contributed by atoms with E-state index in [1.54, 1.807) is 18.2 Å². The van der Waals surface area contributed by atoms with E-state index in [9.17, 15) is 22.4 Å². The Hall–Kier alpha value is -3.10. The first kappa shape index (κ1) is 20.6. The van der Waals surface area contributed by atoms with E-state index in [1.165, 1.54) is 24.3 Å². The second-order valence-corrected chi connectivity index (χ2v) is 7.99. The molecule has 0 aromatic heterocycles. The van der Waals surface area contributed by atoms with Crippen LogP contribution >= 0.6 is 0 Å². The van der Waals surface area contributed by atoms with E-state index in [1.807, 2.05) is 18.2 Å². The van der Waals surface area contributed by atoms with Crippen molar-refractivity contribution in [3.8, 4) is 0 Å². The van der Waals surface area contributed by atoms with Crippen LogP contribution in [-0.4, -0.2) is 33.3 Å². The van der Waals surface area contributed by atoms with E-state index in [0.717, 1.165) is 16.8 Å². The van der Waals surface area contributed by atoms with Gasteiger partial charge in [0.15, 0.2) is 6.61 Å². The molecule has 3 aromatic rings. The average Bonchev–Trinajstić information content (AvgIpc) is 2.72. The topological polar surface area (TPSA) is 89.5 Å². The third kappa shape index (κ3) is 5.24. The minimum atomic E-state index is -3.80. The van der Waals surface area contributed by atoms with E-state index < -0.39 is 34.2 Å². The van der Waals surface area contributed by atoms with Crippen molar-refractivity contribution in [3.05, 3.63) is 78.1 Å². The number of carbonyl (C=O) groups is 2. The van der Waals surface area contributed by atoms with Gasteiger partial charge >= 0.3 is 5.97 Å². The van der Waals surface area contributed by atoms with Gasteiger partial charge in [-0.2, -0.15) is 0 Å². The highest BCUT2D eigenvalue weighted by atomic mass is 32.2. The quantitative estimate of drug-likeness (QED) is 0.451. The van der Waals surface area contributed by atoms with Crippen LogP contribution in [0.3, 0.4) is 0 Å². The first-order chi connectivity index (χ1) is 13.9. The maximum Gasteiger partial charge on any atom is 0.307 e. The zero-order chi connectivity index (χ0) is 20.9. The van der Waals surface area contributed by atoms with Gasteiger partial charge in [-0.25, -0.2) is 17.5 Å². The number of sulfonamides is 1. The van der Waals surface area contributed by atoms with E-state index in [-0.39, 0.29) is 23.4 Å². The fraction of sp³-hybridized carbons (Fsp3) is 0.143. The number of benzene rings is 3. The number of rotatable bonds is 8. The van der Waals surface area contributed by atoms with Crippen molar-refractivity contribution in [2.45, 2.75) is 11.3 Å². The largest absolute Gasteiger partial charge is 0.457 e. The third-order valence-electron chi connectivity index (χ3n) is 4.19. The fourth-order valence-electron chi connectivity index (χ4n) is 2.69. The molecule has 3 aromatic carbocycles. The van der Waals surface area contributed by atoms with Gasteiger partial charge < -0.3 is 4.74 Å². The molecule has 0 fully saturated rings. The number of halogens is 1. The summed E-state index contributed by atoms with van der Waals surface area (Å²) in [6.07, 6.45) is -0.267. The summed E-state index contributed by atoms with van der Waals surface area (Å²) in [5, 5.41) is 1.69. The molecule has 0 unspecified atom stereocenters. The Bertz CT molecular complexity index is 1160. The number of hydrogen-bond acceptors (Lipinski definition) is 5. The summed E-state index contributed by atoms with van der Waals surface area (Å²) in [5.74, 6) is -2.14. The average molecular weight is 415 g/mol. The number of hydrogen-bond donors (Lipinski definition) is 1. The molecule has 0 aliphatic carbocycles. The third-order valence-corrected chi connectivity index (χ3v) is 5.65. The molecule has 1 N–H and O–H groups in total. The van der Waals surface area contributed by atoms with Crippen LogP contribution in [0, 0.1) is 5.82 Å². The first-order valence-corrected chi connectivity index (χ1v) is 10.3. The van der Waals surface area contributed by atoms with Crippen molar-refractivity contribution >= 4 is 32.5 Å². The monoisotopic (exact) mass is 415 g/mol. The van der Waals surface area contributed by atoms with Gasteiger partial charge in [0.25, 0.3) is 0 Å². The van der Waals surface area contributed by atoms with Gasteiger partial charge in [0.2, 0.25) is 15.8 Å². The minimum Gasteiger partial charge on any atom is -0.457 e. The highest BCUT2D eigenvalue weighted by Gasteiger charge is 2.16. The Kier molecular flexibility index (Phi) is 6.36. The van der Waals surface area contributed by atoms with Crippen LogP contribution in [-0.2, 0) is 19.6 Å². The molecule has 0 saturated carbocycles. The van der Waals surface area contributed by atoms with Crippen molar-refractivity contribution in [1.82, 2.24) is 4.72 Å². The molecule has 3 rings (SSSR count). The smallest absolute Gasteiger partial charge is 0.307 e. The highest BCUT2D eigenvalue weighted by molar-refractivity contribution is 7.89. The molecule has 6 nitrogen and oxygen atoms in total. The van der Waals surface area contributed by atoms with E-state index >= 15 is 0 Å². The summed E-state index contributed by atoms with van der Waals surface area (Å²) >= 11 is 0. The summed E-state index contributed by atoms with van der Waals surface area (Å²) in [6.45, 7) is -0.806. The van der Waals surface area contributed by atoms with Crippen LogP contribution in [0.2, 0.25) is 0 Å². The molecule has 150 valence electrons. The van der Waals surface area contributed by atoms with Crippen LogP contribution < -0.4 is 4.72 Å². The normalized spacial score (nSPS) is 11.3. The minimum absolute atomic E-state index is 0.0827. The number of nitrogens with one attached hydrogen (secondary N) is 1. The SMILES string of the molecule is O=C(CCNS(=O)(=O)c1ccc2ccccc2c1)OCC(=O)c1ccccc1F. The van der Waals surface area contributed by atoms with Crippen molar-refractivity contribution < 1.29 is 27.1 Å². The number of carbonyl (C=O) groups excluding carboxylic acids is 2. The molecule has 0 spiro atoms. The Morgan fingerprint density at radius 3 is 2.38 bits per heavy atom. The summed E-state index contributed by atoms with van der Waals surface area (Å²) in [4.78, 5) is 23.7. The molecule has 0 bridgehead atoms. The van der Waals surface area contributed by atoms with Gasteiger partial charge in [0.1, 0.15) is 5.82 Å². The maximum absolute atomic E-state index is 13.5. The Balaban J connectivity index is 1.51. The van der Waals surface area contributed by atoms with Crippen molar-refractivity contribution in [1.29, 1.82) is 0 Å². The van der Waals surface area contributed by atoms with Gasteiger partial charge in [0, 0.05) is 6.54 Å². The molecule has 0 aliphatic heterocycles. The van der Waals surface area contributed by atoms with Crippen molar-refractivity contribution in [2.24, 2.45) is 0 Å². The fourth-order valence-corrected chi connectivity index (χ4v) is 3.76. The van der Waals surface area contributed by atoms with Gasteiger partial charge in [-0.3, -0.25) is 9.59 Å². The summed E-state index contributed by atoms with van der Waals surface area (Å²) < 4.78 is 45.4. The van der Waals surface area contributed by atoms with E-state index in [4.69, 9.17) is 4.74 Å². The Morgan fingerprint density at radius 2 is 1.62 bits per heavy atom. The zero-order valence-corrected chi connectivity index (χ0v) is 16.1. The standard InChI is InChI=1S/C21H18FNO5S/c22-19-8-4-3-7-18(19)20(24)14-28-21(25)11-12-23-29(26,27)17-10-9-15-5-1-2-6-16(15)13-17/h1-10,13,23H,11-12,14H2. The van der Waals surface area contributed by atoms with E-state index in [0.29, 0.717) is 0 Å². The van der Waals surface area contributed by atoms with Gasteiger partial charge in [-0.15, -0.1) is 0 Å². The number of Topliss-reactive ketones (excluding diaryl/α,β-unsaturated/α-hetero) is 1. The maximum atomic E-state index is 13.5. The zero-order valence-electron chi connectivity index (χ0n) is 15.3. The molecular weight excluding hydrogens is 397 g/mol. The lowest BCUT2D eigenvalue weighted by Gasteiger charge is -2.08. The first-order valence-electron chi connectivity index (χ1n) is 8.79. The van der Waals surface area contributed by atoms with Crippen molar-refractivity contribution in [2.75, 3.05) is 13.2 Å². The molecule has 0 atom stereocenters. The van der Waals surface area contributed by atoms with Crippen LogP contribution in [0.25, 0.3) is 10.8 Å². The van der Waals surface area contributed by atoms with Crippen LogP contribution in [0.1, 0.15) is 16.8 Å². The molecule has 29 heavy (non-hydrogen) atoms. The molecule has 0 saturated heterocycles. The predicted molar refractivity (Wildman–Crippen MR) is 105 cm³/mol. The van der Waals surface area contributed by atoms with Gasteiger partial charge in [-0.1, -0.05) is 42.5 Å². The summed E-state index contributed by atoms with van der Waals surface area (Å²) in [7, 11) is -3.80. The van der Waals surface area contributed by atoms with Crippen molar-refractivity contribution in [3.63, 3.8) is 0 Å². The molecule has 8 heteroatoms. The second-order valence-electron chi connectivity index (χ2n) is 6.22. The lowest BCUT2D eigenvalue weighted by Crippen LogP contribution is -2.27. The number of fused-ring (bicyclic) bond motifs is 1. The summed E-state index contributed by atoms with van der Waals surface area (Å²) in [6, 6.07) is 17.4. The van der Waals surface area contributed by atoms with Crippen LogP contribution in [0.4, 0.5) is 4.39 Å². The molecule has 0 aliphatic rings. The molecule has 0 heterocycles. The number of ketones is 1. The lowest BCUT2D eigenvalue weighted by atomic mass is 10.1. The Morgan fingerprint density at radius 1 is 0.931 bits per heavy atom. The van der Waals surface area contributed by atoms with E-state index in [2.05, 4.69) is 4.72 Å². The summed E-state index contributed by atoms with van der Waals surface area (Å²) in [5.41, 5.74) is -0.169. The predicted octanol–water partition coefficient (Wildman–Crippen LogP) is 3.07. The van der Waals surface area contributed by atoms with Gasteiger partial charge in [0.05, 0.1) is 16.9 Å². The van der Waals surface area contributed by atoms with Crippen LogP contribution in [0.5, 0.6) is 0 Å². The lowest BCUT2D eigenvalue weighted by molar-refractivity contribution is -0.142. The second kappa shape index (κ2) is 8.93. The molecule has 0 radical (unpaired) electrons. The van der Waals surface area contributed by atoms with Gasteiger partial charge in [-0.05, 0) is 35.0 Å². The molecule has 0 amide bonds. The molecular formula is C21H18FNO5S. The highest BCUT2D eigenvalue weighted by Crippen LogP contribution is 2.18. The number of esters is 1.